The maximum atomic E-state index is 11.0. The molecule has 1 atom stereocenters. The van der Waals surface area contributed by atoms with Gasteiger partial charge in [-0.1, -0.05) is 6.92 Å². The molecule has 0 bridgehead atoms. The molecule has 0 saturated carbocycles. The molecule has 0 aromatic carbocycles. The van der Waals surface area contributed by atoms with Gasteiger partial charge < -0.3 is 20.7 Å². The van der Waals surface area contributed by atoms with Crippen LogP contribution in [0.4, 0.5) is 0 Å². The minimum atomic E-state index is -0.872. The number of nitrogens with one attached hydrogen (secondary N) is 1. The number of nitrogens with zero attached hydrogens (tertiary/aromatic N) is 2. The number of carboxylic acid groups (broad SMARTS) is 1. The lowest BCUT2D eigenvalue weighted by molar-refractivity contribution is -0.139. The molecular weight excluding hydrogens is 220 g/mol. The van der Waals surface area contributed by atoms with Gasteiger partial charge in [0.25, 0.3) is 0 Å². The number of hydrogen-bond acceptors (Lipinski definition) is 4. The van der Waals surface area contributed by atoms with Crippen molar-refractivity contribution in [2.75, 3.05) is 13.1 Å². The third-order valence-corrected chi connectivity index (χ3v) is 2.41. The van der Waals surface area contributed by atoms with E-state index < -0.39 is 12.0 Å². The topological polar surface area (TPSA) is 93.2 Å². The van der Waals surface area contributed by atoms with Crippen LogP contribution in [0.1, 0.15) is 19.0 Å². The zero-order valence-electron chi connectivity index (χ0n) is 10.1. The van der Waals surface area contributed by atoms with Crippen LogP contribution in [0.2, 0.25) is 0 Å². The highest BCUT2D eigenvalue weighted by atomic mass is 16.4. The Kier molecular flexibility index (Phi) is 5.65. The molecule has 0 aliphatic rings. The van der Waals surface area contributed by atoms with E-state index >= 15 is 0 Å². The van der Waals surface area contributed by atoms with Crippen LogP contribution in [0.5, 0.6) is 0 Å². The van der Waals surface area contributed by atoms with Crippen LogP contribution in [0.3, 0.4) is 0 Å². The molecular formula is C11H20N4O2. The van der Waals surface area contributed by atoms with Crippen molar-refractivity contribution in [1.29, 1.82) is 0 Å². The molecule has 4 N–H and O–H groups in total. The first-order valence-corrected chi connectivity index (χ1v) is 5.84. The monoisotopic (exact) mass is 240 g/mol. The van der Waals surface area contributed by atoms with Crippen molar-refractivity contribution in [3.8, 4) is 0 Å². The smallest absolute Gasteiger partial charge is 0.321 e. The first-order valence-electron chi connectivity index (χ1n) is 5.84. The molecule has 0 fully saturated rings. The summed E-state index contributed by atoms with van der Waals surface area (Å²) in [5, 5.41) is 11.9. The van der Waals surface area contributed by atoms with E-state index in [1.807, 2.05) is 10.8 Å². The van der Waals surface area contributed by atoms with Crippen LogP contribution in [0, 0.1) is 0 Å². The van der Waals surface area contributed by atoms with Crippen molar-refractivity contribution in [3.05, 3.63) is 18.2 Å². The third-order valence-electron chi connectivity index (χ3n) is 2.41. The highest BCUT2D eigenvalue weighted by molar-refractivity contribution is 5.73. The summed E-state index contributed by atoms with van der Waals surface area (Å²) in [7, 11) is 0. The number of aryl methyl sites for hydroxylation is 1. The summed E-state index contributed by atoms with van der Waals surface area (Å²) in [4.78, 5) is 15.2. The molecule has 6 nitrogen and oxygen atoms in total. The molecule has 1 heterocycles. The van der Waals surface area contributed by atoms with Gasteiger partial charge in [0.15, 0.2) is 0 Å². The zero-order valence-corrected chi connectivity index (χ0v) is 10.1. The summed E-state index contributed by atoms with van der Waals surface area (Å²) in [5.41, 5.74) is 6.13. The summed E-state index contributed by atoms with van der Waals surface area (Å²) >= 11 is 0. The first kappa shape index (κ1) is 13.7. The molecule has 1 aromatic rings. The Labute approximate surface area is 101 Å². The van der Waals surface area contributed by atoms with Gasteiger partial charge in [-0.25, -0.2) is 4.98 Å². The van der Waals surface area contributed by atoms with Crippen LogP contribution in [0.15, 0.2) is 12.5 Å². The number of aliphatic carboxylic acids is 1. The normalized spacial score (nSPS) is 12.6. The molecule has 0 amide bonds. The molecule has 0 saturated heterocycles. The van der Waals surface area contributed by atoms with Gasteiger partial charge in [0.05, 0.1) is 12.0 Å². The Balaban J connectivity index is 2.55. The van der Waals surface area contributed by atoms with Crippen molar-refractivity contribution in [2.45, 2.75) is 32.4 Å². The van der Waals surface area contributed by atoms with E-state index in [0.29, 0.717) is 19.5 Å². The lowest BCUT2D eigenvalue weighted by Crippen LogP contribution is -2.41. The summed E-state index contributed by atoms with van der Waals surface area (Å²) in [6.07, 6.45) is 5.04. The van der Waals surface area contributed by atoms with E-state index in [9.17, 15) is 4.79 Å². The van der Waals surface area contributed by atoms with Crippen molar-refractivity contribution in [2.24, 2.45) is 5.73 Å². The summed E-state index contributed by atoms with van der Waals surface area (Å²) < 4.78 is 1.97. The molecule has 0 spiro atoms. The molecule has 17 heavy (non-hydrogen) atoms. The van der Waals surface area contributed by atoms with Gasteiger partial charge in [-0.15, -0.1) is 0 Å². The molecule has 1 aromatic heterocycles. The van der Waals surface area contributed by atoms with Gasteiger partial charge >= 0.3 is 5.97 Å². The van der Waals surface area contributed by atoms with Crippen LogP contribution in [-0.4, -0.2) is 39.8 Å². The fourth-order valence-electron chi connectivity index (χ4n) is 1.61. The Morgan fingerprint density at radius 3 is 3.06 bits per heavy atom. The second-order valence-electron chi connectivity index (χ2n) is 3.94. The lowest BCUT2D eigenvalue weighted by atomic mass is 10.1. The van der Waals surface area contributed by atoms with Gasteiger partial charge in [0, 0.05) is 32.3 Å². The fraction of sp³-hybridized carbons (Fsp3) is 0.636. The van der Waals surface area contributed by atoms with E-state index in [4.69, 9.17) is 10.8 Å². The number of carboxylic acids is 1. The Bertz CT molecular complexity index is 351. The molecule has 0 aliphatic heterocycles. The van der Waals surface area contributed by atoms with Gasteiger partial charge in [-0.2, -0.15) is 0 Å². The van der Waals surface area contributed by atoms with Crippen molar-refractivity contribution < 1.29 is 9.90 Å². The van der Waals surface area contributed by atoms with Crippen LogP contribution in [-0.2, 0) is 17.8 Å². The fourth-order valence-corrected chi connectivity index (χ4v) is 1.61. The molecule has 0 unspecified atom stereocenters. The van der Waals surface area contributed by atoms with E-state index in [-0.39, 0.29) is 0 Å². The highest BCUT2D eigenvalue weighted by Crippen LogP contribution is 2.02. The second kappa shape index (κ2) is 7.03. The predicted octanol–water partition coefficient (Wildman–Crippen LogP) is -0.163. The van der Waals surface area contributed by atoms with Crippen molar-refractivity contribution in [3.63, 3.8) is 0 Å². The minimum absolute atomic E-state index is 0.381. The summed E-state index contributed by atoms with van der Waals surface area (Å²) in [5.74, 6) is -0.872. The largest absolute Gasteiger partial charge is 0.480 e. The molecule has 6 heteroatoms. The Morgan fingerprint density at radius 1 is 1.71 bits per heavy atom. The maximum Gasteiger partial charge on any atom is 0.321 e. The summed E-state index contributed by atoms with van der Waals surface area (Å²) in [6.45, 7) is 3.91. The average molecular weight is 240 g/mol. The first-order chi connectivity index (χ1) is 8.17. The number of nitrogens with two attached hydrogens (primary N) is 1. The van der Waals surface area contributed by atoms with Gasteiger partial charge in [-0.3, -0.25) is 4.79 Å². The quantitative estimate of drug-likeness (QED) is 0.587. The number of imidazole rings is 1. The standard InChI is InChI=1S/C11H20N4O2/c1-2-5-15-7-9(14-8-15)6-10(11(16)17)13-4-3-12/h7-8,10,13H,2-6,12H2,1H3,(H,16,17)/t10-/m0/s1. The number of rotatable bonds is 8. The molecule has 1 rings (SSSR count). The molecule has 0 aliphatic carbocycles. The average Bonchev–Trinajstić information content (AvgIpc) is 2.72. The number of aromatic nitrogens is 2. The van der Waals surface area contributed by atoms with Crippen molar-refractivity contribution in [1.82, 2.24) is 14.9 Å². The van der Waals surface area contributed by atoms with Crippen LogP contribution in [0.25, 0.3) is 0 Å². The predicted molar refractivity (Wildman–Crippen MR) is 64.7 cm³/mol. The number of hydrogen-bond donors (Lipinski definition) is 3. The third kappa shape index (κ3) is 4.54. The lowest BCUT2D eigenvalue weighted by Gasteiger charge is -2.11. The van der Waals surface area contributed by atoms with E-state index in [1.165, 1.54) is 0 Å². The van der Waals surface area contributed by atoms with E-state index in [2.05, 4.69) is 17.2 Å². The maximum absolute atomic E-state index is 11.0. The minimum Gasteiger partial charge on any atom is -0.480 e. The summed E-state index contributed by atoms with van der Waals surface area (Å²) in [6, 6.07) is -0.622. The molecule has 96 valence electrons. The zero-order chi connectivity index (χ0) is 12.7. The van der Waals surface area contributed by atoms with Crippen LogP contribution < -0.4 is 11.1 Å². The van der Waals surface area contributed by atoms with Crippen molar-refractivity contribution >= 4 is 5.97 Å². The van der Waals surface area contributed by atoms with Gasteiger partial charge in [0.2, 0.25) is 0 Å². The second-order valence-corrected chi connectivity index (χ2v) is 3.94. The number of carbonyl (C=O) groups is 1. The van der Waals surface area contributed by atoms with E-state index in [1.54, 1.807) is 6.33 Å². The van der Waals surface area contributed by atoms with Crippen LogP contribution >= 0.6 is 0 Å². The van der Waals surface area contributed by atoms with Gasteiger partial charge in [0.1, 0.15) is 6.04 Å². The Morgan fingerprint density at radius 2 is 2.47 bits per heavy atom. The molecule has 0 radical (unpaired) electrons. The highest BCUT2D eigenvalue weighted by Gasteiger charge is 2.17. The van der Waals surface area contributed by atoms with E-state index in [0.717, 1.165) is 18.7 Å². The SMILES string of the molecule is CCCn1cnc(C[C@H](NCCN)C(=O)O)c1. The Hall–Kier alpha value is -1.40. The van der Waals surface area contributed by atoms with Gasteiger partial charge in [-0.05, 0) is 6.42 Å².